The molecule has 0 bridgehead atoms. The number of nitrogens with zero attached hydrogens (tertiary/aromatic N) is 3. The third kappa shape index (κ3) is 40.4. The lowest BCUT2D eigenvalue weighted by atomic mass is 10.0. The van der Waals surface area contributed by atoms with Crippen molar-refractivity contribution in [3.63, 3.8) is 0 Å². The Morgan fingerprint density at radius 1 is 0.581 bits per heavy atom. The fourth-order valence-electron chi connectivity index (χ4n) is 10.4. The standard InChI is InChI=1S/C31H59NO2.C13H19N.C11H15NO2.C6H13N.C6H6O3S.C3H4Cl2O2/c1-4-6-8-10-12-13-14-15-16-17-18-19-20-21-23-25-27-34-31-29-32(3)28-30(31)33-26-24-22-11-9-7-5-2;1-11-8-14(9-12(11)2)10-13-6-4-3-5-7-13;13-10-7-12(8-11(10)14)6-9-4-2-1-3-5-9;1-5-3-7-4-6(5)2;7-10(8,9)6-4-2-1-3-5-6;1-2(4)7-3(5)6/h12-13,15-16,30-31H,4-11,14,17-29H2,1-3H3;3-7,11-12H,8-10H2,1-2H3;1-5,10-11,13-14H,6-8H2;5-7H,3-4H2,1-2H3;1-5H,(H,7,8,9);2H,1H3/b13-12-,16-15-;;;;;/t30-,31?;11-,12-;10-,11-;5-,6-;;/m1111../s1. The minimum Gasteiger partial charge on any atom is -0.434 e. The quantitative estimate of drug-likeness (QED) is 0.0164. The first-order chi connectivity index (χ1) is 41.3. The van der Waals surface area contributed by atoms with Crippen LogP contribution in [0.1, 0.15) is 175 Å². The molecule has 7 rings (SSSR count). The van der Waals surface area contributed by atoms with Crippen LogP contribution >= 0.6 is 23.2 Å². The number of likely N-dealkylation sites (N-methyl/N-ethyl adjacent to an activating group) is 1. The minimum absolute atomic E-state index is 0.0741. The van der Waals surface area contributed by atoms with E-state index in [1.54, 1.807) is 18.2 Å². The average Bonchev–Trinajstić information content (AvgIpc) is 4.34. The first kappa shape index (κ1) is 78.9. The van der Waals surface area contributed by atoms with Crippen LogP contribution in [0.15, 0.2) is 120 Å². The molecule has 0 aliphatic carbocycles. The number of β-amino-alcohol motifs (C(OH)–C–C–N with tert-alkyl or cyclic N) is 2. The van der Waals surface area contributed by atoms with Crippen molar-refractivity contribution in [3.8, 4) is 0 Å². The van der Waals surface area contributed by atoms with Gasteiger partial charge in [-0.05, 0) is 119 Å². The molecular formula is C70H116Cl2N4O9S. The smallest absolute Gasteiger partial charge is 0.405 e. The summed E-state index contributed by atoms with van der Waals surface area (Å²) in [6, 6.07) is 28.3. The predicted octanol–water partition coefficient (Wildman–Crippen LogP) is 15.6. The van der Waals surface area contributed by atoms with Gasteiger partial charge in [-0.15, -0.1) is 0 Å². The molecule has 4 N–H and O–H groups in total. The van der Waals surface area contributed by atoms with Crippen LogP contribution in [-0.4, -0.2) is 146 Å². The van der Waals surface area contributed by atoms with Crippen molar-refractivity contribution in [1.82, 2.24) is 20.0 Å². The number of aliphatic hydroxyl groups excluding tert-OH is 2. The molecule has 4 heterocycles. The molecule has 4 fully saturated rings. The van der Waals surface area contributed by atoms with Gasteiger partial charge in [-0.3, -0.25) is 14.4 Å². The Morgan fingerprint density at radius 3 is 1.34 bits per heavy atom. The number of hydrogen-bond donors (Lipinski definition) is 4. The highest BCUT2D eigenvalue weighted by molar-refractivity contribution is 7.85. The van der Waals surface area contributed by atoms with Crippen molar-refractivity contribution in [1.29, 1.82) is 0 Å². The van der Waals surface area contributed by atoms with Gasteiger partial charge in [0, 0.05) is 77.2 Å². The molecule has 0 spiro atoms. The number of alkyl halides is 1. The second-order valence-electron chi connectivity index (χ2n) is 24.1. The number of unbranched alkanes of at least 4 members (excludes halogenated alkanes) is 14. The number of rotatable bonds is 30. The van der Waals surface area contributed by atoms with Crippen LogP contribution in [0, 0.1) is 23.7 Å². The molecule has 0 radical (unpaired) electrons. The molecule has 490 valence electrons. The molecule has 4 saturated heterocycles. The van der Waals surface area contributed by atoms with Gasteiger partial charge >= 0.3 is 5.43 Å². The van der Waals surface area contributed by atoms with E-state index in [0.29, 0.717) is 13.1 Å². The summed E-state index contributed by atoms with van der Waals surface area (Å²) in [5.74, 6) is 3.53. The van der Waals surface area contributed by atoms with E-state index < -0.39 is 33.3 Å². The molecule has 9 atom stereocenters. The highest BCUT2D eigenvalue weighted by Crippen LogP contribution is 2.24. The maximum atomic E-state index is 10.4. The van der Waals surface area contributed by atoms with E-state index in [4.69, 9.17) is 37.2 Å². The lowest BCUT2D eigenvalue weighted by Gasteiger charge is -2.20. The van der Waals surface area contributed by atoms with Crippen LogP contribution < -0.4 is 5.32 Å². The Hall–Kier alpha value is -3.22. The van der Waals surface area contributed by atoms with Crippen molar-refractivity contribution in [2.24, 2.45) is 23.7 Å². The van der Waals surface area contributed by atoms with Gasteiger partial charge in [-0.2, -0.15) is 8.42 Å². The van der Waals surface area contributed by atoms with Crippen molar-refractivity contribution >= 4 is 38.7 Å². The molecule has 0 amide bonds. The van der Waals surface area contributed by atoms with E-state index in [1.807, 2.05) is 18.2 Å². The van der Waals surface area contributed by atoms with Crippen molar-refractivity contribution in [2.45, 2.75) is 212 Å². The van der Waals surface area contributed by atoms with Gasteiger partial charge in [0.25, 0.3) is 10.1 Å². The third-order valence-corrected chi connectivity index (χ3v) is 17.0. The molecule has 4 aliphatic rings. The van der Waals surface area contributed by atoms with Crippen LogP contribution in [0.5, 0.6) is 0 Å². The highest BCUT2D eigenvalue weighted by Gasteiger charge is 2.32. The number of hydrogen-bond acceptors (Lipinski definition) is 12. The summed E-state index contributed by atoms with van der Waals surface area (Å²) in [6.07, 6.45) is 32.2. The van der Waals surface area contributed by atoms with Gasteiger partial charge in [0.1, 0.15) is 0 Å². The molecule has 13 nitrogen and oxygen atoms in total. The van der Waals surface area contributed by atoms with Crippen LogP contribution in [0.25, 0.3) is 0 Å². The van der Waals surface area contributed by atoms with E-state index in [-0.39, 0.29) is 17.1 Å². The molecule has 16 heteroatoms. The van der Waals surface area contributed by atoms with E-state index in [2.05, 4.69) is 140 Å². The number of carbonyl (C=O) groups is 1. The van der Waals surface area contributed by atoms with E-state index in [0.717, 1.165) is 69.5 Å². The first-order valence-corrected chi connectivity index (χ1v) is 34.9. The van der Waals surface area contributed by atoms with Gasteiger partial charge < -0.3 is 34.6 Å². The molecule has 3 aromatic carbocycles. The molecule has 2 unspecified atom stereocenters. The number of allylic oxidation sites excluding steroid dienone is 4. The van der Waals surface area contributed by atoms with E-state index in [9.17, 15) is 23.4 Å². The van der Waals surface area contributed by atoms with Gasteiger partial charge in [-0.1, -0.05) is 227 Å². The Balaban J connectivity index is 0.000000396. The maximum absolute atomic E-state index is 10.4. The summed E-state index contributed by atoms with van der Waals surface area (Å²) in [7, 11) is -1.82. The van der Waals surface area contributed by atoms with Gasteiger partial charge in [0.05, 0.1) is 29.3 Å². The van der Waals surface area contributed by atoms with Crippen LogP contribution in [-0.2, 0) is 37.4 Å². The largest absolute Gasteiger partial charge is 0.434 e. The average molecular weight is 1260 g/mol. The van der Waals surface area contributed by atoms with Crippen LogP contribution in [0.4, 0.5) is 4.79 Å². The molecule has 3 aromatic rings. The third-order valence-electron chi connectivity index (χ3n) is 16.0. The lowest BCUT2D eigenvalue weighted by molar-refractivity contribution is -0.0481. The van der Waals surface area contributed by atoms with Crippen LogP contribution in [0.3, 0.4) is 0 Å². The zero-order valence-corrected chi connectivity index (χ0v) is 56.5. The Labute approximate surface area is 532 Å². The Morgan fingerprint density at radius 2 is 0.965 bits per heavy atom. The normalized spacial score (nSPS) is 22.6. The zero-order valence-electron chi connectivity index (χ0n) is 54.2. The fourth-order valence-corrected chi connectivity index (χ4v) is 11.1. The van der Waals surface area contributed by atoms with Gasteiger partial charge in [0.2, 0.25) is 0 Å². The number of nitrogens with one attached hydrogen (secondary N) is 1. The number of likely N-dealkylation sites (tertiary alicyclic amines) is 3. The van der Waals surface area contributed by atoms with Gasteiger partial charge in [-0.25, -0.2) is 4.79 Å². The molecule has 0 aromatic heterocycles. The SMILES string of the molecule is CC(Cl)OC(=O)Cl.CCCCC/C=C\C/C=C\CCCCCCCCOC1CN(C)C[C@H]1OCCCCCCCC.C[C@@H]1CN(Cc2ccccc2)C[C@H]1C.C[C@@H]1CNC[C@H]1C.O=S(=O)(O)c1ccccc1.O[C@@H]1CN(Cc2ccccc2)C[C@H]1O. The summed E-state index contributed by atoms with van der Waals surface area (Å²) < 4.78 is 45.8. The Bertz CT molecular complexity index is 2160. The fraction of sp³-hybridized carbons (Fsp3) is 0.671. The second-order valence-corrected chi connectivity index (χ2v) is 26.5. The number of aliphatic hydroxyl groups is 2. The topological polar surface area (TPSA) is 161 Å². The molecular weight excluding hydrogens is 1140 g/mol. The number of benzene rings is 3. The maximum Gasteiger partial charge on any atom is 0.405 e. The second kappa shape index (κ2) is 49.5. The summed E-state index contributed by atoms with van der Waals surface area (Å²) >= 11 is 9.87. The van der Waals surface area contributed by atoms with Crippen LogP contribution in [0.2, 0.25) is 0 Å². The molecule has 86 heavy (non-hydrogen) atoms. The van der Waals surface area contributed by atoms with E-state index >= 15 is 0 Å². The summed E-state index contributed by atoms with van der Waals surface area (Å²) in [5.41, 5.74) is 1.15. The van der Waals surface area contributed by atoms with Crippen molar-refractivity contribution in [3.05, 3.63) is 126 Å². The van der Waals surface area contributed by atoms with Crippen molar-refractivity contribution in [2.75, 3.05) is 72.6 Å². The molecule has 4 aliphatic heterocycles. The predicted molar refractivity (Wildman–Crippen MR) is 359 cm³/mol. The lowest BCUT2D eigenvalue weighted by Crippen LogP contribution is -2.30. The number of halogens is 2. The highest BCUT2D eigenvalue weighted by atomic mass is 35.5. The first-order valence-electron chi connectivity index (χ1n) is 32.7. The number of carbonyl (C=O) groups excluding carboxylic acids is 1. The summed E-state index contributed by atoms with van der Waals surface area (Å²) in [6.45, 7) is 27.2. The molecule has 0 saturated carbocycles. The van der Waals surface area contributed by atoms with Crippen molar-refractivity contribution < 1.29 is 42.2 Å². The monoisotopic (exact) mass is 1260 g/mol. The summed E-state index contributed by atoms with van der Waals surface area (Å²) in [5, 5.41) is 22.0. The van der Waals surface area contributed by atoms with E-state index in [1.165, 1.54) is 166 Å². The minimum atomic E-state index is -4.00. The van der Waals surface area contributed by atoms with Gasteiger partial charge in [0.15, 0.2) is 5.56 Å². The Kier molecular flexibility index (Phi) is 45.4. The zero-order chi connectivity index (χ0) is 63.2. The number of ether oxygens (including phenoxy) is 3. The summed E-state index contributed by atoms with van der Waals surface area (Å²) in [4.78, 5) is 16.6.